The third kappa shape index (κ3) is 0.902. The van der Waals surface area contributed by atoms with Crippen molar-refractivity contribution in [3.8, 4) is 5.75 Å². The number of hydrogen-bond donors (Lipinski definition) is 1. The van der Waals surface area contributed by atoms with Crippen LogP contribution >= 0.6 is 0 Å². The van der Waals surface area contributed by atoms with Gasteiger partial charge in [0, 0.05) is 18.5 Å². The minimum absolute atomic E-state index is 0.0515. The first kappa shape index (κ1) is 6.09. The number of pyridine rings is 2. The Balaban J connectivity index is 2.91. The van der Waals surface area contributed by atoms with Crippen molar-refractivity contribution in [2.45, 2.75) is 0 Å². The van der Waals surface area contributed by atoms with Crippen LogP contribution in [0, 0.1) is 6.07 Å². The van der Waals surface area contributed by atoms with E-state index in [4.69, 9.17) is 0 Å². The van der Waals surface area contributed by atoms with Crippen LogP contribution in [0.15, 0.2) is 24.5 Å². The molecule has 0 atom stereocenters. The van der Waals surface area contributed by atoms with Crippen molar-refractivity contribution < 1.29 is 5.11 Å². The Morgan fingerprint density at radius 3 is 3.09 bits per heavy atom. The summed E-state index contributed by atoms with van der Waals surface area (Å²) in [6.07, 6.45) is 3.04. The molecule has 3 nitrogen and oxygen atoms in total. The van der Waals surface area contributed by atoms with Crippen molar-refractivity contribution in [3.63, 3.8) is 0 Å². The molecule has 1 radical (unpaired) electrons. The maximum absolute atomic E-state index is 9.21. The zero-order valence-electron chi connectivity index (χ0n) is 5.65. The molecule has 3 heteroatoms. The van der Waals surface area contributed by atoms with E-state index in [0.717, 1.165) is 0 Å². The van der Waals surface area contributed by atoms with E-state index >= 15 is 0 Å². The highest BCUT2D eigenvalue weighted by Gasteiger charge is 1.98. The number of nitrogens with zero attached hydrogens (tertiary/aromatic N) is 2. The average molecular weight is 145 g/mol. The Bertz CT molecular complexity index is 381. The lowest BCUT2D eigenvalue weighted by Crippen LogP contribution is -1.81. The number of rotatable bonds is 0. The topological polar surface area (TPSA) is 46.0 Å². The molecule has 2 rings (SSSR count). The predicted octanol–water partition coefficient (Wildman–Crippen LogP) is 1.14. The van der Waals surface area contributed by atoms with Crippen molar-refractivity contribution >= 4 is 11.0 Å². The molecule has 0 aliphatic rings. The van der Waals surface area contributed by atoms with Crippen LogP contribution in [0.1, 0.15) is 0 Å². The zero-order valence-corrected chi connectivity index (χ0v) is 5.65. The Hall–Kier alpha value is -1.64. The molecule has 1 N–H and O–H groups in total. The van der Waals surface area contributed by atoms with E-state index < -0.39 is 0 Å². The van der Waals surface area contributed by atoms with Gasteiger partial charge < -0.3 is 5.11 Å². The first-order chi connectivity index (χ1) is 5.38. The molecule has 2 heterocycles. The molecule has 0 aromatic carbocycles. The molecule has 2 aromatic heterocycles. The number of hydrogen-bond acceptors (Lipinski definition) is 3. The third-order valence-corrected chi connectivity index (χ3v) is 1.42. The minimum Gasteiger partial charge on any atom is -0.505 e. The number of aromatic hydroxyl groups is 1. The van der Waals surface area contributed by atoms with Gasteiger partial charge in [-0.3, -0.25) is 9.97 Å². The molecule has 0 aliphatic carbocycles. The van der Waals surface area contributed by atoms with E-state index in [1.54, 1.807) is 18.3 Å². The molecule has 0 amide bonds. The van der Waals surface area contributed by atoms with E-state index in [0.29, 0.717) is 11.0 Å². The summed E-state index contributed by atoms with van der Waals surface area (Å²) in [5.41, 5.74) is 1.18. The second-order valence-corrected chi connectivity index (χ2v) is 2.12. The lowest BCUT2D eigenvalue weighted by Gasteiger charge is -1.95. The van der Waals surface area contributed by atoms with Crippen molar-refractivity contribution in [1.82, 2.24) is 9.97 Å². The Morgan fingerprint density at radius 1 is 1.36 bits per heavy atom. The van der Waals surface area contributed by atoms with Gasteiger partial charge in [-0.2, -0.15) is 0 Å². The summed E-state index contributed by atoms with van der Waals surface area (Å²) in [5.74, 6) is 0.0515. The maximum atomic E-state index is 9.21. The van der Waals surface area contributed by atoms with Gasteiger partial charge in [0.2, 0.25) is 0 Å². The van der Waals surface area contributed by atoms with Gasteiger partial charge in [0.05, 0.1) is 5.52 Å². The van der Waals surface area contributed by atoms with Crippen LogP contribution in [0.25, 0.3) is 11.0 Å². The Labute approximate surface area is 63.3 Å². The second-order valence-electron chi connectivity index (χ2n) is 2.12. The average Bonchev–Trinajstić information content (AvgIpc) is 2.06. The van der Waals surface area contributed by atoms with Crippen LogP contribution in [0.3, 0.4) is 0 Å². The van der Waals surface area contributed by atoms with Crippen molar-refractivity contribution in [2.24, 2.45) is 0 Å². The molecule has 0 saturated heterocycles. The van der Waals surface area contributed by atoms with Gasteiger partial charge in [0.15, 0.2) is 5.75 Å². The second kappa shape index (κ2) is 2.20. The van der Waals surface area contributed by atoms with Crippen molar-refractivity contribution in [2.75, 3.05) is 0 Å². The molecular formula is C8H5N2O. The molecule has 2 aromatic rings. The van der Waals surface area contributed by atoms with E-state index in [9.17, 15) is 5.11 Å². The molecular weight excluding hydrogens is 140 g/mol. The summed E-state index contributed by atoms with van der Waals surface area (Å²) in [7, 11) is 0. The van der Waals surface area contributed by atoms with Gasteiger partial charge in [0.1, 0.15) is 5.52 Å². The van der Waals surface area contributed by atoms with Crippen molar-refractivity contribution in [3.05, 3.63) is 30.6 Å². The van der Waals surface area contributed by atoms with Crippen LogP contribution in [0.5, 0.6) is 5.75 Å². The Kier molecular flexibility index (Phi) is 1.22. The Morgan fingerprint density at radius 2 is 2.27 bits per heavy atom. The van der Waals surface area contributed by atoms with E-state index in [1.165, 1.54) is 6.20 Å². The molecule has 0 fully saturated rings. The smallest absolute Gasteiger partial charge is 0.152 e. The maximum Gasteiger partial charge on any atom is 0.152 e. The molecule has 11 heavy (non-hydrogen) atoms. The summed E-state index contributed by atoms with van der Waals surface area (Å²) in [5, 5.41) is 9.21. The lowest BCUT2D eigenvalue weighted by atomic mass is 10.3. The lowest BCUT2D eigenvalue weighted by molar-refractivity contribution is 0.478. The van der Waals surface area contributed by atoms with Gasteiger partial charge in [-0.1, -0.05) is 0 Å². The molecule has 0 spiro atoms. The standard InChI is InChI=1S/C8H5N2O/c11-7-3-5-9-6-2-1-4-10-8(6)7/h1-2,4-5H,(H,9,11). The molecule has 0 bridgehead atoms. The largest absolute Gasteiger partial charge is 0.505 e. The van der Waals surface area contributed by atoms with Gasteiger partial charge in [-0.25, -0.2) is 0 Å². The summed E-state index contributed by atoms with van der Waals surface area (Å²) in [4.78, 5) is 7.90. The van der Waals surface area contributed by atoms with E-state index in [2.05, 4.69) is 16.0 Å². The van der Waals surface area contributed by atoms with Gasteiger partial charge in [-0.05, 0) is 12.1 Å². The first-order valence-electron chi connectivity index (χ1n) is 3.18. The van der Waals surface area contributed by atoms with Crippen LogP contribution in [-0.4, -0.2) is 15.1 Å². The van der Waals surface area contributed by atoms with E-state index in [1.807, 2.05) is 0 Å². The quantitative estimate of drug-likeness (QED) is 0.604. The number of aromatic nitrogens is 2. The minimum atomic E-state index is 0.0515. The highest BCUT2D eigenvalue weighted by molar-refractivity contribution is 5.79. The summed E-state index contributed by atoms with van der Waals surface area (Å²) in [6, 6.07) is 6.12. The van der Waals surface area contributed by atoms with Crippen molar-refractivity contribution in [1.29, 1.82) is 0 Å². The van der Waals surface area contributed by atoms with Crippen LogP contribution in [0.4, 0.5) is 0 Å². The highest BCUT2D eigenvalue weighted by atomic mass is 16.3. The normalized spacial score (nSPS) is 10.2. The number of fused-ring (bicyclic) bond motifs is 1. The fourth-order valence-electron chi connectivity index (χ4n) is 0.915. The fourth-order valence-corrected chi connectivity index (χ4v) is 0.915. The third-order valence-electron chi connectivity index (χ3n) is 1.42. The first-order valence-corrected chi connectivity index (χ1v) is 3.18. The van der Waals surface area contributed by atoms with Crippen LogP contribution in [-0.2, 0) is 0 Å². The monoisotopic (exact) mass is 145 g/mol. The SMILES string of the molecule is Oc1[c]cnc2cccnc12. The summed E-state index contributed by atoms with van der Waals surface area (Å²) < 4.78 is 0. The molecule has 0 unspecified atom stereocenters. The van der Waals surface area contributed by atoms with Crippen LogP contribution < -0.4 is 0 Å². The van der Waals surface area contributed by atoms with Gasteiger partial charge in [-0.15, -0.1) is 0 Å². The summed E-state index contributed by atoms with van der Waals surface area (Å²) >= 11 is 0. The fraction of sp³-hybridized carbons (Fsp3) is 0. The molecule has 0 aliphatic heterocycles. The van der Waals surface area contributed by atoms with Gasteiger partial charge >= 0.3 is 0 Å². The molecule has 0 saturated carbocycles. The van der Waals surface area contributed by atoms with E-state index in [-0.39, 0.29) is 5.75 Å². The zero-order chi connectivity index (χ0) is 7.68. The highest BCUT2D eigenvalue weighted by Crippen LogP contribution is 2.17. The predicted molar refractivity (Wildman–Crippen MR) is 40.0 cm³/mol. The van der Waals surface area contributed by atoms with Gasteiger partial charge in [0.25, 0.3) is 0 Å². The molecule has 53 valence electrons. The summed E-state index contributed by atoms with van der Waals surface area (Å²) in [6.45, 7) is 0. The van der Waals surface area contributed by atoms with Crippen LogP contribution in [0.2, 0.25) is 0 Å².